The number of rotatable bonds is 8. The third kappa shape index (κ3) is 5.95. The van der Waals surface area contributed by atoms with Crippen molar-refractivity contribution in [2.24, 2.45) is 5.14 Å². The minimum atomic E-state index is -4.10. The number of anilines is 2. The molecule has 5 N–H and O–H groups in total. The van der Waals surface area contributed by atoms with E-state index in [0.717, 1.165) is 0 Å². The zero-order valence-corrected chi connectivity index (χ0v) is 15.8. The van der Waals surface area contributed by atoms with Gasteiger partial charge in [0.2, 0.25) is 15.4 Å². The number of aromatic nitrogens is 2. The Morgan fingerprint density at radius 1 is 1.07 bits per heavy atom. The summed E-state index contributed by atoms with van der Waals surface area (Å²) < 4.78 is 48.3. The average molecular weight is 435 g/mol. The number of nitrogens with one attached hydrogen (secondary N) is 2. The number of primary sulfonamides is 1. The van der Waals surface area contributed by atoms with Crippen LogP contribution in [0.25, 0.3) is 0 Å². The second kappa shape index (κ2) is 7.95. The summed E-state index contributed by atoms with van der Waals surface area (Å²) in [7, 11) is -8.18. The predicted octanol–water partition coefficient (Wildman–Crippen LogP) is -0.210. The highest BCUT2D eigenvalue weighted by atomic mass is 32.2. The number of sulfonamides is 2. The molecule has 15 heteroatoms. The smallest absolute Gasteiger partial charge is 0.303 e. The molecule has 1 amide bonds. The molecule has 0 spiro atoms. The van der Waals surface area contributed by atoms with Crippen molar-refractivity contribution < 1.29 is 31.5 Å². The van der Waals surface area contributed by atoms with Crippen molar-refractivity contribution in [2.45, 2.75) is 22.1 Å². The Hall–Kier alpha value is -2.62. The molecule has 2 rings (SSSR count). The molecule has 1 aromatic carbocycles. The Balaban J connectivity index is 2.07. The van der Waals surface area contributed by atoms with Crippen LogP contribution in [0.2, 0.25) is 0 Å². The van der Waals surface area contributed by atoms with E-state index in [2.05, 4.69) is 20.2 Å². The van der Waals surface area contributed by atoms with Crippen LogP contribution in [0, 0.1) is 0 Å². The van der Waals surface area contributed by atoms with Crippen LogP contribution < -0.4 is 15.2 Å². The normalized spacial score (nSPS) is 11.7. The number of carbonyl (C=O) groups excluding carboxylic acids is 1. The maximum absolute atomic E-state index is 12.3. The molecule has 27 heavy (non-hydrogen) atoms. The van der Waals surface area contributed by atoms with E-state index in [0.29, 0.717) is 11.3 Å². The number of amides is 1. The topological polar surface area (TPSA) is 199 Å². The quantitative estimate of drug-likeness (QED) is 0.433. The van der Waals surface area contributed by atoms with E-state index in [9.17, 15) is 26.4 Å². The fourth-order valence-electron chi connectivity index (χ4n) is 1.70. The lowest BCUT2D eigenvalue weighted by Gasteiger charge is -2.07. The van der Waals surface area contributed by atoms with Gasteiger partial charge in [-0.2, -0.15) is 0 Å². The number of carboxylic acids is 1. The molecule has 1 heterocycles. The summed E-state index contributed by atoms with van der Waals surface area (Å²) in [6.45, 7) is 0. The molecular formula is C12H13N5O7S3. The van der Waals surface area contributed by atoms with Gasteiger partial charge in [-0.3, -0.25) is 14.3 Å². The molecule has 0 aliphatic rings. The third-order valence-corrected chi connectivity index (χ3v) is 6.52. The number of hydrogen-bond donors (Lipinski definition) is 4. The van der Waals surface area contributed by atoms with Crippen LogP contribution in [0.15, 0.2) is 33.5 Å². The number of carbonyl (C=O) groups is 2. The number of aliphatic carboxylic acids is 1. The summed E-state index contributed by atoms with van der Waals surface area (Å²) in [5.74, 6) is -1.64. The average Bonchev–Trinajstić information content (AvgIpc) is 3.01. The van der Waals surface area contributed by atoms with Crippen LogP contribution >= 0.6 is 11.3 Å². The van der Waals surface area contributed by atoms with E-state index in [1.54, 1.807) is 0 Å². The Bertz CT molecular complexity index is 1060. The molecule has 0 radical (unpaired) electrons. The number of hydrogen-bond acceptors (Lipinski definition) is 9. The van der Waals surface area contributed by atoms with E-state index >= 15 is 0 Å². The molecule has 146 valence electrons. The molecule has 0 aliphatic heterocycles. The lowest BCUT2D eigenvalue weighted by atomic mass is 10.2. The van der Waals surface area contributed by atoms with Crippen LogP contribution in [0.3, 0.4) is 0 Å². The summed E-state index contributed by atoms with van der Waals surface area (Å²) in [6.07, 6.45) is -0.551. The molecule has 0 saturated heterocycles. The zero-order valence-electron chi connectivity index (χ0n) is 13.3. The largest absolute Gasteiger partial charge is 0.481 e. The third-order valence-electron chi connectivity index (χ3n) is 2.89. The minimum absolute atomic E-state index is 0.182. The van der Waals surface area contributed by atoms with E-state index in [1.807, 2.05) is 0 Å². The van der Waals surface area contributed by atoms with Crippen molar-refractivity contribution in [3.05, 3.63) is 24.3 Å². The second-order valence-corrected chi connectivity index (χ2v) is 9.38. The van der Waals surface area contributed by atoms with Crippen molar-refractivity contribution in [2.75, 3.05) is 10.0 Å². The summed E-state index contributed by atoms with van der Waals surface area (Å²) in [5, 5.41) is 22.2. The van der Waals surface area contributed by atoms with Gasteiger partial charge in [-0.05, 0) is 24.3 Å². The van der Waals surface area contributed by atoms with Gasteiger partial charge < -0.3 is 10.4 Å². The van der Waals surface area contributed by atoms with Gasteiger partial charge in [0.15, 0.2) is 0 Å². The van der Waals surface area contributed by atoms with Gasteiger partial charge in [0, 0.05) is 12.1 Å². The van der Waals surface area contributed by atoms with Gasteiger partial charge in [0.1, 0.15) is 0 Å². The van der Waals surface area contributed by atoms with Gasteiger partial charge in [-0.25, -0.2) is 22.0 Å². The highest BCUT2D eigenvalue weighted by Gasteiger charge is 2.20. The van der Waals surface area contributed by atoms with Crippen molar-refractivity contribution in [1.82, 2.24) is 10.2 Å². The van der Waals surface area contributed by atoms with Gasteiger partial charge in [-0.15, -0.1) is 10.2 Å². The van der Waals surface area contributed by atoms with Crippen molar-refractivity contribution >= 4 is 54.1 Å². The molecule has 0 atom stereocenters. The van der Waals surface area contributed by atoms with Crippen LogP contribution in [0.4, 0.5) is 10.8 Å². The van der Waals surface area contributed by atoms with Gasteiger partial charge >= 0.3 is 5.97 Å². The first kappa shape index (κ1) is 20.7. The maximum Gasteiger partial charge on any atom is 0.303 e. The van der Waals surface area contributed by atoms with E-state index in [4.69, 9.17) is 10.2 Å². The first-order chi connectivity index (χ1) is 12.5. The molecule has 0 fully saturated rings. The van der Waals surface area contributed by atoms with Crippen molar-refractivity contribution in [3.8, 4) is 0 Å². The molecule has 0 bridgehead atoms. The number of nitrogens with two attached hydrogens (primary N) is 1. The number of nitrogens with zero attached hydrogens (tertiary/aromatic N) is 2. The molecule has 12 nitrogen and oxygen atoms in total. The number of carboxylic acid groups (broad SMARTS) is 1. The lowest BCUT2D eigenvalue weighted by molar-refractivity contribution is -0.138. The van der Waals surface area contributed by atoms with E-state index < -0.39 is 36.3 Å². The SMILES string of the molecule is NS(=O)(=O)c1nnc(NS(=O)(=O)c2ccc(NC(=O)CCC(=O)O)cc2)s1. The van der Waals surface area contributed by atoms with Gasteiger partial charge in [0.25, 0.3) is 20.0 Å². The molecule has 2 aromatic rings. The summed E-state index contributed by atoms with van der Waals surface area (Å²) in [4.78, 5) is 21.8. The highest BCUT2D eigenvalue weighted by molar-refractivity contribution is 7.93. The molecule has 0 aliphatic carbocycles. The van der Waals surface area contributed by atoms with Crippen molar-refractivity contribution in [3.63, 3.8) is 0 Å². The molecule has 1 aromatic heterocycles. The lowest BCUT2D eigenvalue weighted by Crippen LogP contribution is -2.14. The van der Waals surface area contributed by atoms with E-state index in [1.165, 1.54) is 24.3 Å². The Kier molecular flexibility index (Phi) is 6.09. The summed E-state index contributed by atoms with van der Waals surface area (Å²) in [5.41, 5.74) is 0.275. The standard InChI is InChI=1S/C12H13N5O7S3/c13-26(21,22)12-16-15-11(25-12)17-27(23,24)8-3-1-7(2-4-8)14-9(18)5-6-10(19)20/h1-4H,5-6H2,(H,14,18)(H,15,17)(H,19,20)(H2,13,21,22). The molecule has 0 unspecified atom stereocenters. The fraction of sp³-hybridized carbons (Fsp3) is 0.167. The highest BCUT2D eigenvalue weighted by Crippen LogP contribution is 2.22. The summed E-state index contributed by atoms with van der Waals surface area (Å²) >= 11 is 0.450. The Morgan fingerprint density at radius 3 is 2.22 bits per heavy atom. The van der Waals surface area contributed by atoms with E-state index in [-0.39, 0.29) is 28.6 Å². The van der Waals surface area contributed by atoms with Gasteiger partial charge in [-0.1, -0.05) is 11.3 Å². The predicted molar refractivity (Wildman–Crippen MR) is 94.0 cm³/mol. The van der Waals surface area contributed by atoms with Crippen molar-refractivity contribution in [1.29, 1.82) is 0 Å². The van der Waals surface area contributed by atoms with Crippen LogP contribution in [0.1, 0.15) is 12.8 Å². The fourth-order valence-corrected chi connectivity index (χ4v) is 4.26. The van der Waals surface area contributed by atoms with Gasteiger partial charge in [0.05, 0.1) is 11.3 Å². The van der Waals surface area contributed by atoms with Crippen LogP contribution in [-0.4, -0.2) is 44.0 Å². The minimum Gasteiger partial charge on any atom is -0.481 e. The maximum atomic E-state index is 12.3. The second-order valence-electron chi connectivity index (χ2n) is 4.99. The first-order valence-electron chi connectivity index (χ1n) is 6.98. The number of benzene rings is 1. The Morgan fingerprint density at radius 2 is 1.70 bits per heavy atom. The molecular weight excluding hydrogens is 422 g/mol. The summed E-state index contributed by atoms with van der Waals surface area (Å²) in [6, 6.07) is 5.00. The monoisotopic (exact) mass is 435 g/mol. The van der Waals surface area contributed by atoms with Crippen LogP contribution in [0.5, 0.6) is 0 Å². The zero-order chi connectivity index (χ0) is 20.2. The van der Waals surface area contributed by atoms with Crippen LogP contribution in [-0.2, 0) is 29.6 Å². The first-order valence-corrected chi connectivity index (χ1v) is 10.8. The molecule has 0 saturated carbocycles. The Labute approximate surface area is 157 Å².